The van der Waals surface area contributed by atoms with E-state index in [4.69, 9.17) is 11.6 Å². The Labute approximate surface area is 206 Å². The Balaban J connectivity index is 1.75. The summed E-state index contributed by atoms with van der Waals surface area (Å²) < 4.78 is 27.1. The van der Waals surface area contributed by atoms with Crippen LogP contribution in [0.2, 0.25) is 5.02 Å². The minimum absolute atomic E-state index is 0.154. The fourth-order valence-electron chi connectivity index (χ4n) is 2.91. The number of hydrazone groups is 1. The Morgan fingerprint density at radius 1 is 1.03 bits per heavy atom. The van der Waals surface area contributed by atoms with Gasteiger partial charge in [-0.05, 0) is 89.2 Å². The van der Waals surface area contributed by atoms with Gasteiger partial charge in [0.1, 0.15) is 0 Å². The molecule has 0 saturated heterocycles. The smallest absolute Gasteiger partial charge is 0.267 e. The van der Waals surface area contributed by atoms with Gasteiger partial charge < -0.3 is 0 Å². The fourth-order valence-corrected chi connectivity index (χ4v) is 4.47. The number of nitrogens with one attached hydrogen (secondary N) is 1. The molecule has 166 valence electrons. The lowest BCUT2D eigenvalue weighted by Gasteiger charge is -2.22. The average Bonchev–Trinajstić information content (AvgIpc) is 2.76. The zero-order valence-corrected chi connectivity index (χ0v) is 21.1. The van der Waals surface area contributed by atoms with Crippen LogP contribution in [0.25, 0.3) is 0 Å². The Morgan fingerprint density at radius 3 is 2.28 bits per heavy atom. The summed E-state index contributed by atoms with van der Waals surface area (Å²) in [6.45, 7) is 1.97. The van der Waals surface area contributed by atoms with Gasteiger partial charge in [0.05, 0.1) is 24.2 Å². The van der Waals surface area contributed by atoms with Crippen LogP contribution in [0.1, 0.15) is 28.4 Å². The van der Waals surface area contributed by atoms with Crippen LogP contribution in [-0.2, 0) is 16.6 Å². The second kappa shape index (κ2) is 10.5. The summed E-state index contributed by atoms with van der Waals surface area (Å²) >= 11 is 8.13. The molecule has 3 aromatic carbocycles. The number of halogens is 2. The molecule has 0 spiro atoms. The fraction of sp³-hybridized carbons (Fsp3) is 0.130. The molecule has 0 fully saturated rings. The lowest BCUT2D eigenvalue weighted by molar-refractivity contribution is 0.0955. The summed E-state index contributed by atoms with van der Waals surface area (Å²) in [7, 11) is -3.54. The maximum absolute atomic E-state index is 12.5. The zero-order valence-electron chi connectivity index (χ0n) is 17.4. The molecule has 3 rings (SSSR count). The topological polar surface area (TPSA) is 78.8 Å². The van der Waals surface area contributed by atoms with Crippen molar-refractivity contribution >= 4 is 61.5 Å². The van der Waals surface area contributed by atoms with Crippen molar-refractivity contribution in [1.82, 2.24) is 5.43 Å². The van der Waals surface area contributed by atoms with Gasteiger partial charge in [0, 0.05) is 14.2 Å². The van der Waals surface area contributed by atoms with Gasteiger partial charge in [-0.1, -0.05) is 35.9 Å². The van der Waals surface area contributed by atoms with Crippen LogP contribution in [0.3, 0.4) is 0 Å². The number of hydrogen-bond donors (Lipinski definition) is 1. The van der Waals surface area contributed by atoms with E-state index in [9.17, 15) is 13.2 Å². The first kappa shape index (κ1) is 24.2. The third-order valence-electron chi connectivity index (χ3n) is 4.62. The molecule has 0 unspecified atom stereocenters. The Hall–Kier alpha value is -2.43. The summed E-state index contributed by atoms with van der Waals surface area (Å²) in [5.41, 5.74) is 5.76. The van der Waals surface area contributed by atoms with E-state index >= 15 is 0 Å². The van der Waals surface area contributed by atoms with E-state index in [-0.39, 0.29) is 12.5 Å². The van der Waals surface area contributed by atoms with Crippen LogP contribution >= 0.6 is 34.2 Å². The van der Waals surface area contributed by atoms with Crippen LogP contribution < -0.4 is 9.73 Å². The van der Waals surface area contributed by atoms with Crippen molar-refractivity contribution in [2.45, 2.75) is 13.5 Å². The van der Waals surface area contributed by atoms with Gasteiger partial charge in [0.2, 0.25) is 10.0 Å². The maximum atomic E-state index is 12.5. The number of nitrogens with zero attached hydrogens (tertiary/aromatic N) is 2. The van der Waals surface area contributed by atoms with E-state index in [0.29, 0.717) is 22.0 Å². The molecule has 0 aromatic heterocycles. The van der Waals surface area contributed by atoms with Crippen molar-refractivity contribution in [3.05, 3.63) is 98.1 Å². The molecular weight excluding hydrogens is 561 g/mol. The molecular formula is C23H21ClIN3O3S. The van der Waals surface area contributed by atoms with Gasteiger partial charge in [0.25, 0.3) is 5.91 Å². The van der Waals surface area contributed by atoms with Crippen LogP contribution in [-0.4, -0.2) is 26.3 Å². The van der Waals surface area contributed by atoms with Crippen molar-refractivity contribution in [2.24, 2.45) is 5.10 Å². The van der Waals surface area contributed by atoms with Gasteiger partial charge in [-0.3, -0.25) is 9.10 Å². The standard InChI is InChI=1S/C23H21ClIN3O3S/c1-16(19-4-3-5-21(25)14-19)26-27-23(29)18-8-12-22(13-9-18)28(32(2,30)31)15-17-6-10-20(24)11-7-17/h3-14H,15H2,1-2H3,(H,27,29)/b26-16-. The van der Waals surface area contributed by atoms with Gasteiger partial charge in [-0.2, -0.15) is 5.10 Å². The highest BCUT2D eigenvalue weighted by Crippen LogP contribution is 2.22. The highest BCUT2D eigenvalue weighted by atomic mass is 127. The van der Waals surface area contributed by atoms with Gasteiger partial charge in [0.15, 0.2) is 0 Å². The van der Waals surface area contributed by atoms with Crippen molar-refractivity contribution in [3.63, 3.8) is 0 Å². The molecule has 1 N–H and O–H groups in total. The molecule has 0 heterocycles. The Bertz CT molecular complexity index is 1240. The number of sulfonamides is 1. The van der Waals surface area contributed by atoms with Crippen LogP contribution in [0.5, 0.6) is 0 Å². The summed E-state index contributed by atoms with van der Waals surface area (Å²) in [5, 5.41) is 4.75. The molecule has 0 radical (unpaired) electrons. The maximum Gasteiger partial charge on any atom is 0.271 e. The number of carbonyl (C=O) groups is 1. The molecule has 0 aliphatic heterocycles. The molecule has 3 aromatic rings. The molecule has 0 bridgehead atoms. The van der Waals surface area contributed by atoms with Crippen LogP contribution in [0.15, 0.2) is 77.9 Å². The number of benzene rings is 3. The van der Waals surface area contributed by atoms with Gasteiger partial charge >= 0.3 is 0 Å². The Kier molecular flexibility index (Phi) is 7.91. The largest absolute Gasteiger partial charge is 0.271 e. The van der Waals surface area contributed by atoms with E-state index in [1.165, 1.54) is 4.31 Å². The average molecular weight is 582 g/mol. The third-order valence-corrected chi connectivity index (χ3v) is 6.69. The number of carbonyl (C=O) groups excluding carboxylic acids is 1. The normalized spacial score (nSPS) is 11.8. The van der Waals surface area contributed by atoms with Crippen molar-refractivity contribution < 1.29 is 13.2 Å². The molecule has 0 atom stereocenters. The van der Waals surface area contributed by atoms with Gasteiger partial charge in [-0.25, -0.2) is 13.8 Å². The molecule has 6 nitrogen and oxygen atoms in total. The van der Waals surface area contributed by atoms with Crippen LogP contribution in [0.4, 0.5) is 5.69 Å². The summed E-state index contributed by atoms with van der Waals surface area (Å²) in [6.07, 6.45) is 1.14. The number of anilines is 1. The number of hydrogen-bond acceptors (Lipinski definition) is 4. The minimum atomic E-state index is -3.54. The highest BCUT2D eigenvalue weighted by molar-refractivity contribution is 14.1. The predicted octanol–water partition coefficient (Wildman–Crippen LogP) is 5.06. The minimum Gasteiger partial charge on any atom is -0.267 e. The second-order valence-electron chi connectivity index (χ2n) is 7.09. The molecule has 32 heavy (non-hydrogen) atoms. The summed E-state index contributed by atoms with van der Waals surface area (Å²) in [4.78, 5) is 12.5. The molecule has 1 amide bonds. The lowest BCUT2D eigenvalue weighted by atomic mass is 10.1. The molecule has 0 aliphatic rings. The monoisotopic (exact) mass is 581 g/mol. The van der Waals surface area contributed by atoms with E-state index in [1.54, 1.807) is 48.5 Å². The van der Waals surface area contributed by atoms with E-state index < -0.39 is 10.0 Å². The van der Waals surface area contributed by atoms with Gasteiger partial charge in [-0.15, -0.1) is 0 Å². The highest BCUT2D eigenvalue weighted by Gasteiger charge is 2.18. The van der Waals surface area contributed by atoms with Crippen molar-refractivity contribution in [3.8, 4) is 0 Å². The SMILES string of the molecule is C/C(=N/NC(=O)c1ccc(N(Cc2ccc(Cl)cc2)S(C)(=O)=O)cc1)c1cccc(I)c1. The second-order valence-corrected chi connectivity index (χ2v) is 10.7. The summed E-state index contributed by atoms with van der Waals surface area (Å²) in [6, 6.07) is 21.1. The molecule has 9 heteroatoms. The summed E-state index contributed by atoms with van der Waals surface area (Å²) in [5.74, 6) is -0.384. The predicted molar refractivity (Wildman–Crippen MR) is 138 cm³/mol. The van der Waals surface area contributed by atoms with E-state index in [2.05, 4.69) is 33.1 Å². The van der Waals surface area contributed by atoms with E-state index in [0.717, 1.165) is 21.0 Å². The quantitative estimate of drug-likeness (QED) is 0.241. The third kappa shape index (κ3) is 6.54. The van der Waals surface area contributed by atoms with Crippen molar-refractivity contribution in [1.29, 1.82) is 0 Å². The molecule has 0 aliphatic carbocycles. The van der Waals surface area contributed by atoms with E-state index in [1.807, 2.05) is 31.2 Å². The first-order valence-electron chi connectivity index (χ1n) is 9.56. The van der Waals surface area contributed by atoms with Crippen molar-refractivity contribution in [2.75, 3.05) is 10.6 Å². The lowest BCUT2D eigenvalue weighted by Crippen LogP contribution is -2.29. The van der Waals surface area contributed by atoms with Crippen LogP contribution in [0, 0.1) is 3.57 Å². The zero-order chi connectivity index (χ0) is 23.3. The molecule has 0 saturated carbocycles. The Morgan fingerprint density at radius 2 is 1.69 bits per heavy atom. The number of rotatable bonds is 7. The first-order chi connectivity index (χ1) is 15.1. The first-order valence-corrected chi connectivity index (χ1v) is 12.9. The number of amides is 1.